The van der Waals surface area contributed by atoms with Gasteiger partial charge in [0.2, 0.25) is 0 Å². The molecule has 162 valence electrons. The van der Waals surface area contributed by atoms with E-state index in [1.807, 2.05) is 5.92 Å². The third kappa shape index (κ3) is 5.14. The molecule has 0 aliphatic carbocycles. The number of ether oxygens (including phenoxy) is 1. The molecule has 0 aliphatic heterocycles. The second-order valence-corrected chi connectivity index (χ2v) is 6.26. The van der Waals surface area contributed by atoms with Gasteiger partial charge in [-0.05, 0) is 47.6 Å². The van der Waals surface area contributed by atoms with Crippen molar-refractivity contribution in [1.82, 2.24) is 0 Å². The van der Waals surface area contributed by atoms with Gasteiger partial charge in [-0.2, -0.15) is 4.99 Å². The van der Waals surface area contributed by atoms with Crippen LogP contribution in [-0.2, 0) is 0 Å². The quantitative estimate of drug-likeness (QED) is 0.137. The largest absolute Gasteiger partial charge is 0.573 e. The molecule has 0 bridgehead atoms. The normalized spacial score (nSPS) is 10.7. The predicted octanol–water partition coefficient (Wildman–Crippen LogP) is 6.94. The zero-order valence-electron chi connectivity index (χ0n) is 15.5. The molecule has 0 saturated heterocycles. The van der Waals surface area contributed by atoms with Gasteiger partial charge < -0.3 is 4.74 Å². The molecule has 0 amide bonds. The van der Waals surface area contributed by atoms with E-state index in [0.717, 1.165) is 12.1 Å². The highest BCUT2D eigenvalue weighted by molar-refractivity contribution is 7.78. The lowest BCUT2D eigenvalue weighted by Crippen LogP contribution is -2.16. The molecule has 0 spiro atoms. The first kappa shape index (κ1) is 23.0. The summed E-state index contributed by atoms with van der Waals surface area (Å²) in [5, 5.41) is 1.63. The Morgan fingerprint density at radius 2 is 1.22 bits per heavy atom. The number of rotatable bonds is 3. The van der Waals surface area contributed by atoms with E-state index in [0.29, 0.717) is 11.1 Å². The van der Waals surface area contributed by atoms with E-state index in [4.69, 9.17) is 0 Å². The molecule has 0 unspecified atom stereocenters. The van der Waals surface area contributed by atoms with Crippen molar-refractivity contribution in [2.45, 2.75) is 6.36 Å². The van der Waals surface area contributed by atoms with E-state index in [1.54, 1.807) is 17.3 Å². The molecule has 0 heterocycles. The van der Waals surface area contributed by atoms with Crippen LogP contribution in [0.25, 0.3) is 11.1 Å². The molecule has 0 fully saturated rings. The molecular weight excluding hydrogens is 459 g/mol. The lowest BCUT2D eigenvalue weighted by Gasteiger charge is -2.09. The number of alkyl halides is 3. The summed E-state index contributed by atoms with van der Waals surface area (Å²) in [6, 6.07) is 11.1. The number of thiocarbonyl (C=S) groups is 1. The molecule has 32 heavy (non-hydrogen) atoms. The molecule has 3 rings (SSSR count). The van der Waals surface area contributed by atoms with Crippen LogP contribution < -0.4 is 4.74 Å². The van der Waals surface area contributed by atoms with Crippen molar-refractivity contribution in [1.29, 1.82) is 0 Å². The van der Waals surface area contributed by atoms with E-state index in [-0.39, 0.29) is 11.3 Å². The van der Waals surface area contributed by atoms with Crippen LogP contribution in [-0.4, -0.2) is 11.5 Å². The molecule has 2 nitrogen and oxygen atoms in total. The van der Waals surface area contributed by atoms with Crippen molar-refractivity contribution in [2.24, 2.45) is 4.99 Å². The van der Waals surface area contributed by atoms with Gasteiger partial charge in [-0.3, -0.25) is 0 Å². The van der Waals surface area contributed by atoms with Crippen LogP contribution in [0.2, 0.25) is 0 Å². The smallest absolute Gasteiger partial charge is 0.406 e. The summed E-state index contributed by atoms with van der Waals surface area (Å²) < 4.78 is 96.3. The molecule has 3 aromatic rings. The fourth-order valence-corrected chi connectivity index (χ4v) is 2.69. The van der Waals surface area contributed by atoms with Crippen LogP contribution in [0.15, 0.2) is 53.5 Å². The second kappa shape index (κ2) is 9.22. The molecule has 0 aliphatic rings. The fraction of sp³-hybridized carbons (Fsp3) is 0.0455. The molecule has 0 radical (unpaired) electrons. The van der Waals surface area contributed by atoms with Crippen molar-refractivity contribution in [2.75, 3.05) is 0 Å². The average molecular weight is 467 g/mol. The first-order chi connectivity index (χ1) is 15.1. The van der Waals surface area contributed by atoms with Gasteiger partial charge in [0.25, 0.3) is 0 Å². The van der Waals surface area contributed by atoms with Crippen molar-refractivity contribution >= 4 is 23.1 Å². The topological polar surface area (TPSA) is 21.6 Å². The maximum Gasteiger partial charge on any atom is 0.573 e. The van der Waals surface area contributed by atoms with Gasteiger partial charge in [0.15, 0.2) is 29.0 Å². The van der Waals surface area contributed by atoms with Gasteiger partial charge in [0.1, 0.15) is 11.3 Å². The Bertz CT molecular complexity index is 1240. The van der Waals surface area contributed by atoms with Gasteiger partial charge >= 0.3 is 6.36 Å². The summed E-state index contributed by atoms with van der Waals surface area (Å²) in [5.74, 6) is -2.90. The minimum absolute atomic E-state index is 0.256. The van der Waals surface area contributed by atoms with Gasteiger partial charge in [-0.25, -0.2) is 17.6 Å². The molecule has 0 aromatic heterocycles. The SMILES string of the molecule is Fc1c(F)c(N=C=S)c(F)c(F)c1C#Cc1ccc(-c2ccc(OC(F)(F)F)cc2)cc1. The average Bonchev–Trinajstić information content (AvgIpc) is 2.75. The Morgan fingerprint density at radius 1 is 0.719 bits per heavy atom. The Balaban J connectivity index is 1.86. The Hall–Kier alpha value is -3.67. The van der Waals surface area contributed by atoms with E-state index in [1.165, 1.54) is 24.3 Å². The highest BCUT2D eigenvalue weighted by atomic mass is 32.1. The zero-order chi connectivity index (χ0) is 23.5. The minimum Gasteiger partial charge on any atom is -0.406 e. The third-order valence-corrected chi connectivity index (χ3v) is 4.13. The lowest BCUT2D eigenvalue weighted by molar-refractivity contribution is -0.274. The van der Waals surface area contributed by atoms with Crippen molar-refractivity contribution < 1.29 is 35.5 Å². The number of hydrogen-bond donors (Lipinski definition) is 0. The van der Waals surface area contributed by atoms with Gasteiger partial charge in [-0.1, -0.05) is 36.1 Å². The fourth-order valence-electron chi connectivity index (χ4n) is 2.60. The number of nitrogens with zero attached hydrogens (tertiary/aromatic N) is 1. The second-order valence-electron chi connectivity index (χ2n) is 6.08. The first-order valence-corrected chi connectivity index (χ1v) is 8.93. The van der Waals surface area contributed by atoms with Crippen LogP contribution in [0.1, 0.15) is 11.1 Å². The Kier molecular flexibility index (Phi) is 6.63. The maximum absolute atomic E-state index is 14.1. The lowest BCUT2D eigenvalue weighted by atomic mass is 10.0. The highest BCUT2D eigenvalue weighted by Crippen LogP contribution is 2.30. The van der Waals surface area contributed by atoms with Gasteiger partial charge in [0, 0.05) is 5.56 Å². The van der Waals surface area contributed by atoms with E-state index >= 15 is 0 Å². The Labute approximate surface area is 182 Å². The van der Waals surface area contributed by atoms with E-state index in [2.05, 4.69) is 27.9 Å². The van der Waals surface area contributed by atoms with Crippen LogP contribution >= 0.6 is 12.2 Å². The van der Waals surface area contributed by atoms with Gasteiger partial charge in [-0.15, -0.1) is 13.2 Å². The monoisotopic (exact) mass is 467 g/mol. The third-order valence-electron chi connectivity index (χ3n) is 4.04. The van der Waals surface area contributed by atoms with E-state index in [9.17, 15) is 30.7 Å². The molecule has 0 saturated carbocycles. The molecule has 0 N–H and O–H groups in total. The zero-order valence-corrected chi connectivity index (χ0v) is 16.3. The number of benzene rings is 3. The molecule has 10 heteroatoms. The van der Waals surface area contributed by atoms with Crippen molar-refractivity contribution in [3.8, 4) is 28.7 Å². The molecular formula is C22H8F7NOS. The minimum atomic E-state index is -4.80. The van der Waals surface area contributed by atoms with E-state index < -0.39 is 40.9 Å². The summed E-state index contributed by atoms with van der Waals surface area (Å²) in [6.45, 7) is 0. The number of halogens is 7. The van der Waals surface area contributed by atoms with Crippen LogP contribution in [0, 0.1) is 35.1 Å². The summed E-state index contributed by atoms with van der Waals surface area (Å²) in [7, 11) is 0. The van der Waals surface area contributed by atoms with Crippen LogP contribution in [0.5, 0.6) is 5.75 Å². The standard InChI is InChI=1S/C22H8F7NOS/c23-17-16(18(24)20(26)21(19(17)25)30-11-32)10-3-12-1-4-13(5-2-12)14-6-8-15(9-7-14)31-22(27,28)29/h1-2,4-9H. The van der Waals surface area contributed by atoms with Crippen LogP contribution in [0.4, 0.5) is 36.4 Å². The van der Waals surface area contributed by atoms with Crippen LogP contribution in [0.3, 0.4) is 0 Å². The number of isothiocyanates is 1. The summed E-state index contributed by atoms with van der Waals surface area (Å²) in [6.07, 6.45) is -4.80. The van der Waals surface area contributed by atoms with Crippen molar-refractivity contribution in [3.63, 3.8) is 0 Å². The molecule has 3 aromatic carbocycles. The number of hydrogen-bond acceptors (Lipinski definition) is 3. The predicted molar refractivity (Wildman–Crippen MR) is 106 cm³/mol. The highest BCUT2D eigenvalue weighted by Gasteiger charge is 2.31. The summed E-state index contributed by atoms with van der Waals surface area (Å²) >= 11 is 4.19. The molecule has 0 atom stereocenters. The maximum atomic E-state index is 14.1. The van der Waals surface area contributed by atoms with Crippen molar-refractivity contribution in [3.05, 3.63) is 82.9 Å². The number of aliphatic imine (C=N–C) groups is 1. The first-order valence-electron chi connectivity index (χ1n) is 8.53. The Morgan fingerprint density at radius 3 is 1.69 bits per heavy atom. The summed E-state index contributed by atoms with van der Waals surface area (Å²) in [5.41, 5.74) is -0.934. The van der Waals surface area contributed by atoms with Gasteiger partial charge in [0.05, 0.1) is 5.16 Å². The summed E-state index contributed by atoms with van der Waals surface area (Å²) in [4.78, 5) is 2.97.